The van der Waals surface area contributed by atoms with Gasteiger partial charge in [-0.15, -0.1) is 0 Å². The first-order chi connectivity index (χ1) is 12.8. The third-order valence-corrected chi connectivity index (χ3v) is 4.87. The van der Waals surface area contributed by atoms with E-state index in [4.69, 9.17) is 9.47 Å². The fraction of sp³-hybridized carbons (Fsp3) is 0.619. The molecule has 1 saturated carbocycles. The summed E-state index contributed by atoms with van der Waals surface area (Å²) < 4.78 is 11.4. The highest BCUT2D eigenvalue weighted by Gasteiger charge is 2.30. The minimum atomic E-state index is -0.564. The molecule has 0 spiro atoms. The highest BCUT2D eigenvalue weighted by Crippen LogP contribution is 2.37. The van der Waals surface area contributed by atoms with Gasteiger partial charge in [0.2, 0.25) is 0 Å². The Morgan fingerprint density at radius 1 is 1.19 bits per heavy atom. The van der Waals surface area contributed by atoms with Crippen molar-refractivity contribution in [3.8, 4) is 5.75 Å². The summed E-state index contributed by atoms with van der Waals surface area (Å²) in [6.07, 6.45) is 5.79. The summed E-state index contributed by atoms with van der Waals surface area (Å²) in [6.45, 7) is 6.09. The summed E-state index contributed by atoms with van der Waals surface area (Å²) in [5.74, 6) is 0.443. The van der Waals surface area contributed by atoms with Gasteiger partial charge in [0.15, 0.2) is 6.61 Å². The number of benzene rings is 1. The van der Waals surface area contributed by atoms with Crippen LogP contribution in [-0.4, -0.2) is 36.8 Å². The Kier molecular flexibility index (Phi) is 5.92. The zero-order valence-corrected chi connectivity index (χ0v) is 16.5. The molecule has 2 amide bonds. The van der Waals surface area contributed by atoms with Crippen molar-refractivity contribution < 1.29 is 19.1 Å². The van der Waals surface area contributed by atoms with Crippen molar-refractivity contribution in [1.82, 2.24) is 5.32 Å². The van der Waals surface area contributed by atoms with Crippen LogP contribution < -0.4 is 15.0 Å². The molecular formula is C21H30N2O4. The lowest BCUT2D eigenvalue weighted by Gasteiger charge is -2.32. The van der Waals surface area contributed by atoms with Gasteiger partial charge in [-0.3, -0.25) is 9.69 Å². The molecule has 27 heavy (non-hydrogen) atoms. The van der Waals surface area contributed by atoms with Crippen molar-refractivity contribution in [2.24, 2.45) is 0 Å². The third-order valence-electron chi connectivity index (χ3n) is 4.87. The van der Waals surface area contributed by atoms with Crippen LogP contribution in [0.3, 0.4) is 0 Å². The first-order valence-corrected chi connectivity index (χ1v) is 9.88. The maximum atomic E-state index is 12.7. The molecule has 0 unspecified atom stereocenters. The molecule has 0 saturated heterocycles. The van der Waals surface area contributed by atoms with Crippen molar-refractivity contribution >= 4 is 17.7 Å². The highest BCUT2D eigenvalue weighted by molar-refractivity contribution is 5.92. The Hall–Kier alpha value is -2.24. The Balaban J connectivity index is 1.71. The van der Waals surface area contributed by atoms with Crippen molar-refractivity contribution in [1.29, 1.82) is 0 Å². The molecule has 2 aliphatic rings. The molecule has 148 valence electrons. The Morgan fingerprint density at radius 2 is 1.93 bits per heavy atom. The largest absolute Gasteiger partial charge is 0.482 e. The number of rotatable bonds is 4. The number of carbonyl (C=O) groups excluding carboxylic acids is 2. The highest BCUT2D eigenvalue weighted by atomic mass is 16.6. The second kappa shape index (κ2) is 8.19. The van der Waals surface area contributed by atoms with Gasteiger partial charge in [-0.1, -0.05) is 25.0 Å². The van der Waals surface area contributed by atoms with Crippen LogP contribution >= 0.6 is 0 Å². The topological polar surface area (TPSA) is 67.9 Å². The fourth-order valence-corrected chi connectivity index (χ4v) is 3.71. The molecule has 1 aliphatic heterocycles. The van der Waals surface area contributed by atoms with Crippen molar-refractivity contribution in [3.05, 3.63) is 23.8 Å². The maximum Gasteiger partial charge on any atom is 0.414 e. The van der Waals surface area contributed by atoms with Crippen LogP contribution in [0.4, 0.5) is 10.5 Å². The van der Waals surface area contributed by atoms with Crippen LogP contribution in [0.5, 0.6) is 5.75 Å². The number of carbonyl (C=O) groups is 2. The van der Waals surface area contributed by atoms with Crippen LogP contribution in [0.15, 0.2) is 18.2 Å². The molecule has 0 aromatic heterocycles. The summed E-state index contributed by atoms with van der Waals surface area (Å²) in [6, 6.07) is 5.98. The number of hydrogen-bond acceptors (Lipinski definition) is 4. The number of aryl methyl sites for hydroxylation is 1. The summed E-state index contributed by atoms with van der Waals surface area (Å²) in [5, 5.41) is 3.03. The number of amides is 2. The Morgan fingerprint density at radius 3 is 2.63 bits per heavy atom. The molecular weight excluding hydrogens is 344 g/mol. The predicted octanol–water partition coefficient (Wildman–Crippen LogP) is 3.81. The molecule has 1 heterocycles. The summed E-state index contributed by atoms with van der Waals surface area (Å²) in [5.41, 5.74) is 1.21. The predicted molar refractivity (Wildman–Crippen MR) is 104 cm³/mol. The summed E-state index contributed by atoms with van der Waals surface area (Å²) >= 11 is 0. The van der Waals surface area contributed by atoms with Crippen LogP contribution in [-0.2, 0) is 16.0 Å². The SMILES string of the molecule is CC(C)(C)OC(=O)N1CCCc2cccc(OCC(=O)NC3CCCC3)c21. The average Bonchev–Trinajstić information content (AvgIpc) is 3.10. The molecule has 0 radical (unpaired) electrons. The van der Waals surface area contributed by atoms with Crippen LogP contribution in [0, 0.1) is 0 Å². The van der Waals surface area contributed by atoms with E-state index in [1.165, 1.54) is 12.8 Å². The van der Waals surface area contributed by atoms with E-state index in [1.54, 1.807) is 4.90 Å². The van der Waals surface area contributed by atoms with Gasteiger partial charge < -0.3 is 14.8 Å². The molecule has 0 bridgehead atoms. The van der Waals surface area contributed by atoms with Crippen molar-refractivity contribution in [2.75, 3.05) is 18.1 Å². The summed E-state index contributed by atoms with van der Waals surface area (Å²) in [7, 11) is 0. The number of anilines is 1. The van der Waals surface area contributed by atoms with Gasteiger partial charge in [0.05, 0.1) is 5.69 Å². The minimum absolute atomic E-state index is 0.0465. The molecule has 1 N–H and O–H groups in total. The average molecular weight is 374 g/mol. The van der Waals surface area contributed by atoms with Gasteiger partial charge in [0.1, 0.15) is 11.4 Å². The number of fused-ring (bicyclic) bond motifs is 1. The molecule has 3 rings (SSSR count). The van der Waals surface area contributed by atoms with Gasteiger partial charge in [-0.2, -0.15) is 0 Å². The summed E-state index contributed by atoms with van der Waals surface area (Å²) in [4.78, 5) is 26.5. The van der Waals surface area contributed by atoms with Gasteiger partial charge in [0, 0.05) is 12.6 Å². The van der Waals surface area contributed by atoms with E-state index in [0.29, 0.717) is 12.3 Å². The third kappa shape index (κ3) is 5.15. The van der Waals surface area contributed by atoms with Gasteiger partial charge >= 0.3 is 6.09 Å². The maximum absolute atomic E-state index is 12.7. The number of para-hydroxylation sites is 1. The van der Waals surface area contributed by atoms with E-state index in [9.17, 15) is 9.59 Å². The first kappa shape index (κ1) is 19.5. The van der Waals surface area contributed by atoms with Gasteiger partial charge in [0.25, 0.3) is 5.91 Å². The number of nitrogens with one attached hydrogen (secondary N) is 1. The fourth-order valence-electron chi connectivity index (χ4n) is 3.71. The van der Waals surface area contributed by atoms with Crippen LogP contribution in [0.2, 0.25) is 0 Å². The molecule has 6 nitrogen and oxygen atoms in total. The normalized spacial score (nSPS) is 17.4. The van der Waals surface area contributed by atoms with E-state index in [1.807, 2.05) is 39.0 Å². The van der Waals surface area contributed by atoms with Gasteiger partial charge in [-0.05, 0) is 58.1 Å². The first-order valence-electron chi connectivity index (χ1n) is 9.88. The number of ether oxygens (including phenoxy) is 2. The van der Waals surface area contributed by atoms with Crippen molar-refractivity contribution in [3.63, 3.8) is 0 Å². The second-order valence-corrected chi connectivity index (χ2v) is 8.34. The van der Waals surface area contributed by atoms with E-state index < -0.39 is 5.60 Å². The van der Waals surface area contributed by atoms with E-state index in [0.717, 1.165) is 36.9 Å². The van der Waals surface area contributed by atoms with E-state index in [2.05, 4.69) is 5.32 Å². The molecule has 1 fully saturated rings. The number of nitrogens with zero attached hydrogens (tertiary/aromatic N) is 1. The quantitative estimate of drug-likeness (QED) is 0.870. The minimum Gasteiger partial charge on any atom is -0.482 e. The standard InChI is InChI=1S/C21H30N2O4/c1-21(2,3)27-20(25)23-13-7-9-15-8-6-12-17(19(15)23)26-14-18(24)22-16-10-4-5-11-16/h6,8,12,16H,4-5,7,9-11,13-14H2,1-3H3,(H,22,24). The van der Waals surface area contributed by atoms with Crippen molar-refractivity contribution in [2.45, 2.75) is 70.9 Å². The van der Waals surface area contributed by atoms with Crippen LogP contribution in [0.25, 0.3) is 0 Å². The molecule has 1 aliphatic carbocycles. The lowest BCUT2D eigenvalue weighted by molar-refractivity contribution is -0.123. The lowest BCUT2D eigenvalue weighted by Crippen LogP contribution is -2.40. The van der Waals surface area contributed by atoms with E-state index in [-0.39, 0.29) is 24.6 Å². The molecule has 1 aromatic carbocycles. The Bertz CT molecular complexity index is 690. The monoisotopic (exact) mass is 374 g/mol. The van der Waals surface area contributed by atoms with Crippen LogP contribution in [0.1, 0.15) is 58.4 Å². The molecule has 0 atom stereocenters. The van der Waals surface area contributed by atoms with Gasteiger partial charge in [-0.25, -0.2) is 4.79 Å². The lowest BCUT2D eigenvalue weighted by atomic mass is 10.0. The smallest absolute Gasteiger partial charge is 0.414 e. The zero-order chi connectivity index (χ0) is 19.4. The molecule has 1 aromatic rings. The molecule has 6 heteroatoms. The van der Waals surface area contributed by atoms with E-state index >= 15 is 0 Å². The second-order valence-electron chi connectivity index (χ2n) is 8.34. The zero-order valence-electron chi connectivity index (χ0n) is 16.5. The Labute approximate surface area is 161 Å². The number of hydrogen-bond donors (Lipinski definition) is 1.